The Bertz CT molecular complexity index is 800. The fourth-order valence-electron chi connectivity index (χ4n) is 3.23. The second kappa shape index (κ2) is 6.57. The maximum Gasteiger partial charge on any atom is 0.278 e. The van der Waals surface area contributed by atoms with Crippen molar-refractivity contribution in [3.8, 4) is 0 Å². The molecule has 1 aromatic heterocycles. The third-order valence-corrected chi connectivity index (χ3v) is 5.34. The normalized spacial score (nSPS) is 24.8. The SMILES string of the molecule is O=C(c1ccc(F)cn1)N(c1ccccc1)C12COCC1CSC=N2. The summed E-state index contributed by atoms with van der Waals surface area (Å²) in [6.07, 6.45) is 1.05. The van der Waals surface area contributed by atoms with Crippen molar-refractivity contribution >= 4 is 28.9 Å². The molecule has 4 rings (SSSR count). The summed E-state index contributed by atoms with van der Waals surface area (Å²) in [5.41, 5.74) is 1.89. The molecule has 2 aliphatic heterocycles. The van der Waals surface area contributed by atoms with E-state index < -0.39 is 11.5 Å². The molecule has 7 heteroatoms. The molecule has 1 amide bonds. The number of nitrogens with zero attached hydrogens (tertiary/aromatic N) is 3. The quantitative estimate of drug-likeness (QED) is 0.847. The second-order valence-electron chi connectivity index (χ2n) is 6.00. The van der Waals surface area contributed by atoms with Gasteiger partial charge in [0.2, 0.25) is 0 Å². The van der Waals surface area contributed by atoms with Gasteiger partial charge in [-0.3, -0.25) is 14.7 Å². The number of hydrogen-bond donors (Lipinski definition) is 0. The lowest BCUT2D eigenvalue weighted by molar-refractivity contribution is 0.0932. The number of ether oxygens (including phenoxy) is 1. The van der Waals surface area contributed by atoms with E-state index >= 15 is 0 Å². The summed E-state index contributed by atoms with van der Waals surface area (Å²) >= 11 is 1.62. The van der Waals surface area contributed by atoms with Gasteiger partial charge in [0.25, 0.3) is 5.91 Å². The summed E-state index contributed by atoms with van der Waals surface area (Å²) < 4.78 is 18.9. The molecule has 1 aromatic carbocycles. The smallest absolute Gasteiger partial charge is 0.278 e. The van der Waals surface area contributed by atoms with E-state index in [0.717, 1.165) is 17.6 Å². The van der Waals surface area contributed by atoms with E-state index in [-0.39, 0.29) is 17.5 Å². The standard InChI is InChI=1S/C18H16FN3O2S/c19-14-6-7-16(20-8-14)17(23)22(15-4-2-1-3-5-15)18-11-24-9-13(18)10-25-12-21-18/h1-8,12-13H,9-11H2. The number of aromatic nitrogens is 1. The number of halogens is 1. The van der Waals surface area contributed by atoms with Crippen LogP contribution in [0, 0.1) is 11.7 Å². The first-order valence-corrected chi connectivity index (χ1v) is 9.00. The van der Waals surface area contributed by atoms with Gasteiger partial charge < -0.3 is 4.74 Å². The highest BCUT2D eigenvalue weighted by Gasteiger charge is 2.52. The van der Waals surface area contributed by atoms with Crippen LogP contribution in [0.5, 0.6) is 0 Å². The van der Waals surface area contributed by atoms with Crippen molar-refractivity contribution in [1.29, 1.82) is 0 Å². The van der Waals surface area contributed by atoms with Gasteiger partial charge in [-0.15, -0.1) is 11.8 Å². The zero-order valence-electron chi connectivity index (χ0n) is 13.3. The van der Waals surface area contributed by atoms with Crippen molar-refractivity contribution in [2.24, 2.45) is 10.9 Å². The molecule has 0 saturated carbocycles. The van der Waals surface area contributed by atoms with E-state index in [4.69, 9.17) is 4.74 Å². The Morgan fingerprint density at radius 2 is 2.12 bits per heavy atom. The Labute approximate surface area is 148 Å². The number of thioether (sulfide) groups is 1. The highest BCUT2D eigenvalue weighted by atomic mass is 32.2. The zero-order chi connectivity index (χ0) is 17.3. The Balaban J connectivity index is 1.82. The van der Waals surface area contributed by atoms with Gasteiger partial charge >= 0.3 is 0 Å². The van der Waals surface area contributed by atoms with Crippen molar-refractivity contribution in [3.05, 3.63) is 60.2 Å². The summed E-state index contributed by atoms with van der Waals surface area (Å²) in [6.45, 7) is 0.883. The van der Waals surface area contributed by atoms with Gasteiger partial charge in [-0.25, -0.2) is 9.37 Å². The first-order valence-electron chi connectivity index (χ1n) is 7.95. The number of para-hydroxylation sites is 1. The predicted molar refractivity (Wildman–Crippen MR) is 95.4 cm³/mol. The number of rotatable bonds is 3. The first kappa shape index (κ1) is 16.2. The lowest BCUT2D eigenvalue weighted by Gasteiger charge is -2.42. The van der Waals surface area contributed by atoms with Crippen LogP contribution in [0.1, 0.15) is 10.5 Å². The highest BCUT2D eigenvalue weighted by molar-refractivity contribution is 8.12. The van der Waals surface area contributed by atoms with Gasteiger partial charge in [0.1, 0.15) is 11.5 Å². The van der Waals surface area contributed by atoms with Crippen LogP contribution in [0.3, 0.4) is 0 Å². The number of hydrogen-bond acceptors (Lipinski definition) is 5. The average Bonchev–Trinajstić information content (AvgIpc) is 3.08. The van der Waals surface area contributed by atoms with Crippen molar-refractivity contribution < 1.29 is 13.9 Å². The van der Waals surface area contributed by atoms with Gasteiger partial charge in [-0.2, -0.15) is 0 Å². The summed E-state index contributed by atoms with van der Waals surface area (Å²) in [6, 6.07) is 12.0. The van der Waals surface area contributed by atoms with Crippen molar-refractivity contribution in [3.63, 3.8) is 0 Å². The maximum absolute atomic E-state index is 13.3. The second-order valence-corrected chi connectivity index (χ2v) is 6.87. The number of anilines is 1. The van der Waals surface area contributed by atoms with Gasteiger partial charge in [0.15, 0.2) is 5.66 Å². The van der Waals surface area contributed by atoms with Gasteiger partial charge in [0, 0.05) is 17.4 Å². The molecule has 0 N–H and O–H groups in total. The number of benzene rings is 1. The van der Waals surface area contributed by atoms with E-state index in [9.17, 15) is 9.18 Å². The van der Waals surface area contributed by atoms with Crippen LogP contribution in [-0.4, -0.2) is 41.1 Å². The van der Waals surface area contributed by atoms with E-state index in [0.29, 0.717) is 13.2 Å². The summed E-state index contributed by atoms with van der Waals surface area (Å²) in [5, 5.41) is 0. The van der Waals surface area contributed by atoms with Crippen LogP contribution >= 0.6 is 11.8 Å². The van der Waals surface area contributed by atoms with E-state index in [2.05, 4.69) is 9.98 Å². The van der Waals surface area contributed by atoms with Crippen LogP contribution in [0.25, 0.3) is 0 Å². The van der Waals surface area contributed by atoms with Gasteiger partial charge in [-0.1, -0.05) is 18.2 Å². The number of pyridine rings is 1. The van der Waals surface area contributed by atoms with Crippen molar-refractivity contribution in [1.82, 2.24) is 4.98 Å². The zero-order valence-corrected chi connectivity index (χ0v) is 14.2. The molecule has 2 aliphatic rings. The third-order valence-electron chi connectivity index (χ3n) is 4.49. The summed E-state index contributed by atoms with van der Waals surface area (Å²) in [4.78, 5) is 23.6. The number of amides is 1. The molecule has 3 heterocycles. The highest BCUT2D eigenvalue weighted by Crippen LogP contribution is 2.41. The Kier molecular flexibility index (Phi) is 4.27. The molecule has 0 radical (unpaired) electrons. The number of carbonyl (C=O) groups is 1. The first-order chi connectivity index (χ1) is 12.2. The molecule has 5 nitrogen and oxygen atoms in total. The van der Waals surface area contributed by atoms with Crippen molar-refractivity contribution in [2.75, 3.05) is 23.9 Å². The molecular weight excluding hydrogens is 341 g/mol. The number of fused-ring (bicyclic) bond motifs is 1. The molecule has 128 valence electrons. The van der Waals surface area contributed by atoms with Crippen LogP contribution in [0.15, 0.2) is 53.7 Å². The molecule has 0 aliphatic carbocycles. The van der Waals surface area contributed by atoms with Crippen LogP contribution in [0.2, 0.25) is 0 Å². The Hall–Kier alpha value is -2.25. The van der Waals surface area contributed by atoms with Crippen LogP contribution < -0.4 is 4.90 Å². The molecular formula is C18H16FN3O2S. The molecule has 1 saturated heterocycles. The fourth-order valence-corrected chi connectivity index (χ4v) is 4.17. The fraction of sp³-hybridized carbons (Fsp3) is 0.278. The Morgan fingerprint density at radius 1 is 1.28 bits per heavy atom. The van der Waals surface area contributed by atoms with Gasteiger partial charge in [-0.05, 0) is 24.3 Å². The lowest BCUT2D eigenvalue weighted by Crippen LogP contribution is -2.57. The average molecular weight is 357 g/mol. The molecule has 0 bridgehead atoms. The van der Waals surface area contributed by atoms with Gasteiger partial charge in [0.05, 0.1) is 25.0 Å². The summed E-state index contributed by atoms with van der Waals surface area (Å²) in [7, 11) is 0. The molecule has 0 spiro atoms. The lowest BCUT2D eigenvalue weighted by atomic mass is 9.94. The molecule has 25 heavy (non-hydrogen) atoms. The molecule has 2 aromatic rings. The Morgan fingerprint density at radius 3 is 2.88 bits per heavy atom. The molecule has 2 atom stereocenters. The largest absolute Gasteiger partial charge is 0.376 e. The number of aliphatic imine (C=N–C) groups is 1. The van der Waals surface area contributed by atoms with E-state index in [1.807, 2.05) is 30.3 Å². The monoisotopic (exact) mass is 357 g/mol. The topological polar surface area (TPSA) is 54.8 Å². The predicted octanol–water partition coefficient (Wildman–Crippen LogP) is 2.99. The third kappa shape index (κ3) is 2.83. The minimum Gasteiger partial charge on any atom is -0.376 e. The maximum atomic E-state index is 13.3. The summed E-state index contributed by atoms with van der Waals surface area (Å²) in [5.74, 6) is 0.129. The van der Waals surface area contributed by atoms with Crippen LogP contribution in [0.4, 0.5) is 10.1 Å². The van der Waals surface area contributed by atoms with E-state index in [1.165, 1.54) is 12.1 Å². The minimum atomic E-state index is -0.792. The van der Waals surface area contributed by atoms with Crippen LogP contribution in [-0.2, 0) is 4.74 Å². The van der Waals surface area contributed by atoms with E-state index in [1.54, 1.807) is 22.2 Å². The molecule has 2 unspecified atom stereocenters. The molecule has 1 fully saturated rings. The van der Waals surface area contributed by atoms with Crippen molar-refractivity contribution in [2.45, 2.75) is 5.66 Å². The minimum absolute atomic E-state index is 0.0899. The number of carbonyl (C=O) groups excluding carboxylic acids is 1.